The van der Waals surface area contributed by atoms with Gasteiger partial charge in [0, 0.05) is 37.3 Å². The van der Waals surface area contributed by atoms with Crippen molar-refractivity contribution in [3.63, 3.8) is 0 Å². The minimum absolute atomic E-state index is 0.241. The lowest BCUT2D eigenvalue weighted by Crippen LogP contribution is -2.47. The van der Waals surface area contributed by atoms with Crippen LogP contribution in [0.2, 0.25) is 0 Å². The lowest BCUT2D eigenvalue weighted by Gasteiger charge is -2.36. The average Bonchev–Trinajstić information content (AvgIpc) is 3.53. The molecule has 6 rings (SSSR count). The molecule has 2 aromatic carbocycles. The molecule has 1 aliphatic rings. The third-order valence-electron chi connectivity index (χ3n) is 6.62. The Morgan fingerprint density at radius 3 is 2.44 bits per heavy atom. The quantitative estimate of drug-likeness (QED) is 0.387. The molecule has 11 heteroatoms. The van der Waals surface area contributed by atoms with Crippen molar-refractivity contribution in [2.75, 3.05) is 36.0 Å². The number of carboxylic acid groups (broad SMARTS) is 1. The highest BCUT2D eigenvalue weighted by Crippen LogP contribution is 2.28. The third kappa shape index (κ3) is 3.65. The van der Waals surface area contributed by atoms with E-state index in [1.165, 1.54) is 6.33 Å². The Labute approximate surface area is 205 Å². The summed E-state index contributed by atoms with van der Waals surface area (Å²) in [5, 5.41) is 24.8. The van der Waals surface area contributed by atoms with Crippen LogP contribution in [-0.2, 0) is 4.79 Å². The van der Waals surface area contributed by atoms with E-state index < -0.39 is 12.0 Å². The molecular formula is C25H24N8O3. The number of piperazine rings is 1. The van der Waals surface area contributed by atoms with Gasteiger partial charge in [-0.05, 0) is 37.3 Å². The molecule has 0 radical (unpaired) electrons. The fourth-order valence-electron chi connectivity index (χ4n) is 4.55. The van der Waals surface area contributed by atoms with Crippen molar-refractivity contribution in [2.45, 2.75) is 13.0 Å². The third-order valence-corrected chi connectivity index (χ3v) is 6.62. The lowest BCUT2D eigenvalue weighted by molar-refractivity contribution is -0.140. The highest BCUT2D eigenvalue weighted by Gasteiger charge is 2.25. The molecule has 0 amide bonds. The number of anilines is 2. The van der Waals surface area contributed by atoms with Crippen LogP contribution in [0.3, 0.4) is 0 Å². The number of carbonyl (C=O) groups is 1. The second-order valence-electron chi connectivity index (χ2n) is 8.79. The fraction of sp³-hybridized carbons (Fsp3) is 0.240. The van der Waals surface area contributed by atoms with Crippen molar-refractivity contribution in [3.05, 3.63) is 61.1 Å². The number of rotatable bonds is 5. The molecule has 1 saturated heterocycles. The molecule has 5 aromatic rings. The van der Waals surface area contributed by atoms with Gasteiger partial charge in [0.05, 0.1) is 18.0 Å². The van der Waals surface area contributed by atoms with Crippen LogP contribution in [-0.4, -0.2) is 71.7 Å². The SMILES string of the molecule is CC(C(=O)O)n1cnc2c(-n3ncc4ccccc43)nc(N3CCN(c4ccc(O)cc4)CC3)nc21. The minimum atomic E-state index is -0.969. The number of fused-ring (bicyclic) bond motifs is 2. The van der Waals surface area contributed by atoms with Gasteiger partial charge in [0.2, 0.25) is 5.95 Å². The van der Waals surface area contributed by atoms with Crippen LogP contribution >= 0.6 is 0 Å². The summed E-state index contributed by atoms with van der Waals surface area (Å²) >= 11 is 0. The zero-order chi connectivity index (χ0) is 24.8. The van der Waals surface area contributed by atoms with E-state index in [9.17, 15) is 15.0 Å². The van der Waals surface area contributed by atoms with Gasteiger partial charge in [-0.15, -0.1) is 0 Å². The van der Waals surface area contributed by atoms with Gasteiger partial charge in [-0.1, -0.05) is 18.2 Å². The Kier molecular flexibility index (Phi) is 5.17. The second-order valence-corrected chi connectivity index (χ2v) is 8.79. The minimum Gasteiger partial charge on any atom is -0.508 e. The normalized spacial score (nSPS) is 15.0. The maximum absolute atomic E-state index is 11.8. The highest BCUT2D eigenvalue weighted by molar-refractivity contribution is 5.86. The Hall–Kier alpha value is -4.67. The lowest BCUT2D eigenvalue weighted by atomic mass is 10.2. The van der Waals surface area contributed by atoms with Gasteiger partial charge in [0.25, 0.3) is 0 Å². The molecule has 1 aliphatic heterocycles. The number of hydrogen-bond donors (Lipinski definition) is 2. The highest BCUT2D eigenvalue weighted by atomic mass is 16.4. The first kappa shape index (κ1) is 21.8. The Bertz CT molecular complexity index is 1570. The van der Waals surface area contributed by atoms with E-state index in [1.807, 2.05) is 36.4 Å². The molecule has 0 saturated carbocycles. The standard InChI is InChI=1S/C25H24N8O3/c1-16(24(35)36)32-15-26-21-22(32)28-25(29-23(21)33-20-5-3-2-4-17(20)14-27-33)31-12-10-30(11-13-31)18-6-8-19(34)9-7-18/h2-9,14-16,34H,10-13H2,1H3,(H,35,36). The van der Waals surface area contributed by atoms with Crippen molar-refractivity contribution < 1.29 is 15.0 Å². The Morgan fingerprint density at radius 2 is 1.69 bits per heavy atom. The van der Waals surface area contributed by atoms with Gasteiger partial charge in [0.15, 0.2) is 17.0 Å². The number of hydrogen-bond acceptors (Lipinski definition) is 8. The van der Waals surface area contributed by atoms with Crippen molar-refractivity contribution >= 4 is 39.7 Å². The second kappa shape index (κ2) is 8.52. The van der Waals surface area contributed by atoms with Gasteiger partial charge in [-0.25, -0.2) is 14.5 Å². The molecule has 36 heavy (non-hydrogen) atoms. The predicted molar refractivity (Wildman–Crippen MR) is 135 cm³/mol. The number of aromatic hydroxyl groups is 1. The number of phenols is 1. The Balaban J connectivity index is 1.41. The molecule has 1 fully saturated rings. The van der Waals surface area contributed by atoms with Gasteiger partial charge in [0.1, 0.15) is 11.8 Å². The van der Waals surface area contributed by atoms with Gasteiger partial charge >= 0.3 is 5.97 Å². The zero-order valence-corrected chi connectivity index (χ0v) is 19.6. The van der Waals surface area contributed by atoms with Crippen molar-refractivity contribution in [1.29, 1.82) is 0 Å². The summed E-state index contributed by atoms with van der Waals surface area (Å²) in [7, 11) is 0. The number of carboxylic acids is 1. The molecule has 3 aromatic heterocycles. The summed E-state index contributed by atoms with van der Waals surface area (Å²) in [6.45, 7) is 4.45. The predicted octanol–water partition coefficient (Wildman–Crippen LogP) is 2.84. The van der Waals surface area contributed by atoms with E-state index >= 15 is 0 Å². The number of para-hydroxylation sites is 1. The average molecular weight is 485 g/mol. The number of aromatic nitrogens is 6. The van der Waals surface area contributed by atoms with Crippen LogP contribution in [0.25, 0.3) is 27.9 Å². The maximum Gasteiger partial charge on any atom is 0.326 e. The van der Waals surface area contributed by atoms with Crippen LogP contribution in [0.1, 0.15) is 13.0 Å². The first-order chi connectivity index (χ1) is 17.5. The molecule has 0 aliphatic carbocycles. The Morgan fingerprint density at radius 1 is 0.972 bits per heavy atom. The smallest absolute Gasteiger partial charge is 0.326 e. The van der Waals surface area contributed by atoms with E-state index in [0.717, 1.165) is 29.7 Å². The number of benzene rings is 2. The monoisotopic (exact) mass is 484 g/mol. The van der Waals surface area contributed by atoms with Gasteiger partial charge in [-0.2, -0.15) is 15.1 Å². The molecule has 182 valence electrons. The summed E-state index contributed by atoms with van der Waals surface area (Å²) < 4.78 is 3.29. The molecular weight excluding hydrogens is 460 g/mol. The number of imidazole rings is 1. The van der Waals surface area contributed by atoms with Crippen molar-refractivity contribution in [1.82, 2.24) is 29.3 Å². The summed E-state index contributed by atoms with van der Waals surface area (Å²) in [5.41, 5.74) is 2.86. The molecule has 2 N–H and O–H groups in total. The summed E-state index contributed by atoms with van der Waals surface area (Å²) in [6.07, 6.45) is 3.27. The maximum atomic E-state index is 11.8. The topological polar surface area (TPSA) is 125 Å². The van der Waals surface area contributed by atoms with E-state index in [-0.39, 0.29) is 5.75 Å². The van der Waals surface area contributed by atoms with Crippen LogP contribution in [0.15, 0.2) is 61.1 Å². The van der Waals surface area contributed by atoms with E-state index in [1.54, 1.807) is 34.5 Å². The van der Waals surface area contributed by atoms with Crippen LogP contribution in [0, 0.1) is 0 Å². The van der Waals surface area contributed by atoms with Crippen molar-refractivity contribution in [3.8, 4) is 11.6 Å². The number of nitrogens with zero attached hydrogens (tertiary/aromatic N) is 8. The number of aliphatic carboxylic acids is 1. The van der Waals surface area contributed by atoms with Crippen molar-refractivity contribution in [2.24, 2.45) is 0 Å². The van der Waals surface area contributed by atoms with E-state index in [4.69, 9.17) is 9.97 Å². The van der Waals surface area contributed by atoms with Crippen LogP contribution in [0.5, 0.6) is 5.75 Å². The zero-order valence-electron chi connectivity index (χ0n) is 19.6. The molecule has 11 nitrogen and oxygen atoms in total. The van der Waals surface area contributed by atoms with E-state index in [0.29, 0.717) is 36.0 Å². The van der Waals surface area contributed by atoms with Crippen LogP contribution < -0.4 is 9.80 Å². The molecule has 1 atom stereocenters. The van der Waals surface area contributed by atoms with E-state index in [2.05, 4.69) is 19.9 Å². The summed E-state index contributed by atoms with van der Waals surface area (Å²) in [6, 6.07) is 14.2. The largest absolute Gasteiger partial charge is 0.508 e. The molecule has 0 spiro atoms. The number of phenolic OH excluding ortho intramolecular Hbond substituents is 1. The summed E-state index contributed by atoms with van der Waals surface area (Å²) in [4.78, 5) is 30.3. The first-order valence-electron chi connectivity index (χ1n) is 11.7. The fourth-order valence-corrected chi connectivity index (χ4v) is 4.55. The molecule has 0 bridgehead atoms. The van der Waals surface area contributed by atoms with Gasteiger partial charge < -0.3 is 24.6 Å². The first-order valence-corrected chi connectivity index (χ1v) is 11.7. The molecule has 4 heterocycles. The van der Waals surface area contributed by atoms with Gasteiger partial charge in [-0.3, -0.25) is 0 Å². The van der Waals surface area contributed by atoms with Crippen LogP contribution in [0.4, 0.5) is 11.6 Å². The summed E-state index contributed by atoms with van der Waals surface area (Å²) in [5.74, 6) is 0.281. The molecule has 1 unspecified atom stereocenters.